The van der Waals surface area contributed by atoms with Crippen molar-refractivity contribution in [3.8, 4) is 0 Å². The molecule has 0 radical (unpaired) electrons. The average molecular weight is 531 g/mol. The fraction of sp³-hybridized carbons (Fsp3) is 0.852. The van der Waals surface area contributed by atoms with Gasteiger partial charge in [-0.2, -0.15) is 0 Å². The van der Waals surface area contributed by atoms with Crippen LogP contribution >= 0.6 is 0 Å². The van der Waals surface area contributed by atoms with E-state index in [1.54, 1.807) is 13.8 Å². The van der Waals surface area contributed by atoms with Crippen LogP contribution in [0.4, 0.5) is 0 Å². The van der Waals surface area contributed by atoms with Gasteiger partial charge in [-0.25, -0.2) is 4.79 Å². The fourth-order valence-corrected chi connectivity index (χ4v) is 4.69. The third-order valence-electron chi connectivity index (χ3n) is 7.39. The zero-order chi connectivity index (χ0) is 27.6. The lowest BCUT2D eigenvalue weighted by atomic mass is 9.82. The smallest absolute Gasteiger partial charge is 0.330 e. The molecular weight excluding hydrogens is 484 g/mol. The van der Waals surface area contributed by atoms with Crippen LogP contribution in [0.5, 0.6) is 0 Å². The molecular formula is C27H46O10. The molecule has 2 rings (SSSR count). The number of hydrogen-bond donors (Lipinski definition) is 4. The summed E-state index contributed by atoms with van der Waals surface area (Å²) in [5.74, 6) is -0.759. The number of hydrogen-bond acceptors (Lipinski definition) is 10. The van der Waals surface area contributed by atoms with Gasteiger partial charge in [0.1, 0.15) is 17.8 Å². The molecule has 214 valence electrons. The van der Waals surface area contributed by atoms with E-state index in [1.165, 1.54) is 13.2 Å². The lowest BCUT2D eigenvalue weighted by Crippen LogP contribution is -2.61. The van der Waals surface area contributed by atoms with Gasteiger partial charge in [-0.1, -0.05) is 38.2 Å². The van der Waals surface area contributed by atoms with Crippen LogP contribution in [0.25, 0.3) is 0 Å². The molecule has 37 heavy (non-hydrogen) atoms. The maximum atomic E-state index is 12.1. The maximum Gasteiger partial charge on any atom is 0.330 e. The first kappa shape index (κ1) is 31.7. The van der Waals surface area contributed by atoms with Crippen LogP contribution in [0.2, 0.25) is 0 Å². The van der Waals surface area contributed by atoms with Crippen molar-refractivity contribution in [1.29, 1.82) is 0 Å². The molecule has 10 heteroatoms. The minimum absolute atomic E-state index is 0.0916. The van der Waals surface area contributed by atoms with Gasteiger partial charge in [0.2, 0.25) is 0 Å². The highest BCUT2D eigenvalue weighted by Gasteiger charge is 2.54. The molecule has 2 heterocycles. The molecule has 0 aromatic carbocycles. The Bertz CT molecular complexity index is 753. The van der Waals surface area contributed by atoms with Crippen LogP contribution in [0.15, 0.2) is 11.6 Å². The Morgan fingerprint density at radius 2 is 1.73 bits per heavy atom. The van der Waals surface area contributed by atoms with Gasteiger partial charge < -0.3 is 39.4 Å². The highest BCUT2D eigenvalue weighted by molar-refractivity contribution is 5.82. The van der Waals surface area contributed by atoms with Gasteiger partial charge in [0, 0.05) is 24.8 Å². The molecule has 8 atom stereocenters. The van der Waals surface area contributed by atoms with Crippen LogP contribution in [-0.4, -0.2) is 94.9 Å². The molecule has 2 aliphatic rings. The Labute approximate surface area is 219 Å². The monoisotopic (exact) mass is 530 g/mol. The lowest BCUT2D eigenvalue weighted by Gasteiger charge is -2.43. The van der Waals surface area contributed by atoms with E-state index < -0.39 is 36.0 Å². The highest BCUT2D eigenvalue weighted by Crippen LogP contribution is 2.40. The quantitative estimate of drug-likeness (QED) is 0.100. The maximum absolute atomic E-state index is 12.1. The largest absolute Gasteiger partial charge is 0.469 e. The molecule has 2 aliphatic heterocycles. The molecule has 0 aromatic heterocycles. The second-order valence-electron chi connectivity index (χ2n) is 10.6. The predicted octanol–water partition coefficient (Wildman–Crippen LogP) is 1.80. The molecule has 10 nitrogen and oxygen atoms in total. The normalized spacial score (nSPS) is 31.5. The van der Waals surface area contributed by atoms with Crippen molar-refractivity contribution in [1.82, 2.24) is 0 Å². The Kier molecular flexibility index (Phi) is 13.0. The SMILES string of the molecule is COC(=O)CCCCCCCCOC(=O)/C=C(\C)C[C@@H]1OC[C@](O)(C[C@@H]2O[C@H]2[C@@H](C)[C@H](C)O)[C@@H](O)[C@H]1O. The van der Waals surface area contributed by atoms with Gasteiger partial charge in [-0.3, -0.25) is 4.79 Å². The summed E-state index contributed by atoms with van der Waals surface area (Å²) >= 11 is 0. The van der Waals surface area contributed by atoms with Crippen LogP contribution in [0.3, 0.4) is 0 Å². The van der Waals surface area contributed by atoms with Gasteiger partial charge in [0.15, 0.2) is 0 Å². The number of carbonyl (C=O) groups is 2. The number of rotatable bonds is 16. The van der Waals surface area contributed by atoms with E-state index in [1.807, 2.05) is 6.92 Å². The summed E-state index contributed by atoms with van der Waals surface area (Å²) in [5.41, 5.74) is -1.03. The van der Waals surface area contributed by atoms with Crippen LogP contribution in [-0.2, 0) is 28.5 Å². The van der Waals surface area contributed by atoms with E-state index in [2.05, 4.69) is 4.74 Å². The van der Waals surface area contributed by atoms with Gasteiger partial charge in [-0.05, 0) is 33.1 Å². The van der Waals surface area contributed by atoms with Gasteiger partial charge in [-0.15, -0.1) is 0 Å². The number of esters is 2. The lowest BCUT2D eigenvalue weighted by molar-refractivity contribution is -0.236. The van der Waals surface area contributed by atoms with Crippen LogP contribution in [0.1, 0.15) is 78.6 Å². The number of carbonyl (C=O) groups excluding carboxylic acids is 2. The van der Waals surface area contributed by atoms with E-state index in [9.17, 15) is 30.0 Å². The number of aliphatic hydroxyl groups is 4. The second kappa shape index (κ2) is 15.1. The molecule has 0 amide bonds. The highest BCUT2D eigenvalue weighted by atomic mass is 16.6. The summed E-state index contributed by atoms with van der Waals surface area (Å²) in [7, 11) is 1.39. The summed E-state index contributed by atoms with van der Waals surface area (Å²) in [6.07, 6.45) is 2.98. The molecule has 0 bridgehead atoms. The average Bonchev–Trinajstić information content (AvgIpc) is 3.61. The van der Waals surface area contributed by atoms with E-state index in [0.717, 1.165) is 38.5 Å². The second-order valence-corrected chi connectivity index (χ2v) is 10.6. The minimum Gasteiger partial charge on any atom is -0.469 e. The molecule has 0 aliphatic carbocycles. The minimum atomic E-state index is -1.66. The third kappa shape index (κ3) is 10.3. The standard InChI is InChI=1S/C27H46O10/c1-17(14-23(30)35-12-10-8-6-5-7-9-11-22(29)34-4)13-20-24(31)26(32)27(33,16-36-20)15-21-25(37-21)18(2)19(3)28/h14,18-21,24-26,28,31-33H,5-13,15-16H2,1-4H3/b17-14+/t18-,19-,20-,21-,24-,25-,26-,27+/m0/s1. The Morgan fingerprint density at radius 3 is 2.38 bits per heavy atom. The molecule has 0 aromatic rings. The first-order chi connectivity index (χ1) is 17.5. The zero-order valence-corrected chi connectivity index (χ0v) is 22.6. The van der Waals surface area contributed by atoms with Gasteiger partial charge in [0.05, 0.1) is 44.7 Å². The summed E-state index contributed by atoms with van der Waals surface area (Å²) in [6, 6.07) is 0. The zero-order valence-electron chi connectivity index (χ0n) is 22.6. The van der Waals surface area contributed by atoms with Crippen molar-refractivity contribution in [3.63, 3.8) is 0 Å². The molecule has 4 N–H and O–H groups in total. The number of unbranched alkanes of at least 4 members (excludes halogenated alkanes) is 5. The van der Waals surface area contributed by atoms with Crippen molar-refractivity contribution >= 4 is 11.9 Å². The van der Waals surface area contributed by atoms with Gasteiger partial charge >= 0.3 is 11.9 Å². The molecule has 0 saturated carbocycles. The van der Waals surface area contributed by atoms with Crippen LogP contribution in [0, 0.1) is 5.92 Å². The predicted molar refractivity (Wildman–Crippen MR) is 134 cm³/mol. The molecule has 2 saturated heterocycles. The van der Waals surface area contributed by atoms with Gasteiger partial charge in [0.25, 0.3) is 0 Å². The molecule has 2 fully saturated rings. The van der Waals surface area contributed by atoms with Crippen molar-refractivity contribution in [3.05, 3.63) is 11.6 Å². The van der Waals surface area contributed by atoms with Crippen LogP contribution < -0.4 is 0 Å². The number of methoxy groups -OCH3 is 1. The van der Waals surface area contributed by atoms with E-state index in [4.69, 9.17) is 14.2 Å². The third-order valence-corrected chi connectivity index (χ3v) is 7.39. The van der Waals surface area contributed by atoms with Crippen molar-refractivity contribution in [2.24, 2.45) is 5.92 Å². The molecule has 0 spiro atoms. The fourth-order valence-electron chi connectivity index (χ4n) is 4.69. The number of epoxide rings is 1. The first-order valence-corrected chi connectivity index (χ1v) is 13.4. The molecule has 0 unspecified atom stereocenters. The van der Waals surface area contributed by atoms with E-state index in [0.29, 0.717) is 18.6 Å². The summed E-state index contributed by atoms with van der Waals surface area (Å²) in [4.78, 5) is 23.2. The Balaban J connectivity index is 1.65. The summed E-state index contributed by atoms with van der Waals surface area (Å²) in [5, 5.41) is 41.8. The summed E-state index contributed by atoms with van der Waals surface area (Å²) < 4.78 is 21.1. The first-order valence-electron chi connectivity index (χ1n) is 13.4. The number of ether oxygens (including phenoxy) is 4. The Hall–Kier alpha value is -1.56. The van der Waals surface area contributed by atoms with Crippen molar-refractivity contribution in [2.75, 3.05) is 20.3 Å². The van der Waals surface area contributed by atoms with Crippen molar-refractivity contribution in [2.45, 2.75) is 121 Å². The van der Waals surface area contributed by atoms with E-state index >= 15 is 0 Å². The topological polar surface area (TPSA) is 155 Å². The Morgan fingerprint density at radius 1 is 1.08 bits per heavy atom. The van der Waals surface area contributed by atoms with Crippen molar-refractivity contribution < 1.29 is 49.0 Å². The summed E-state index contributed by atoms with van der Waals surface area (Å²) in [6.45, 7) is 5.40. The number of aliphatic hydroxyl groups excluding tert-OH is 3. The van der Waals surface area contributed by atoms with E-state index in [-0.39, 0.29) is 43.5 Å².